The fourth-order valence-electron chi connectivity index (χ4n) is 3.77. The Hall–Kier alpha value is -4.57. The SMILES string of the molecule is N=C(c1ccc(Cl)cc1)N(C[C@@H](O)C(F)(F)F)C(=O)NCc1ncn(-c2cccnc2C(=O)N2CCNC(=O)C2)n1. The smallest absolute Gasteiger partial charge is 0.382 e. The Bertz CT molecular complexity index is 1450. The highest BCUT2D eigenvalue weighted by molar-refractivity contribution is 6.30. The van der Waals surface area contributed by atoms with Gasteiger partial charge in [0.05, 0.1) is 25.3 Å². The Morgan fingerprint density at radius 2 is 1.95 bits per heavy atom. The molecule has 3 aromatic rings. The predicted octanol–water partition coefficient (Wildman–Crippen LogP) is 1.35. The van der Waals surface area contributed by atoms with Gasteiger partial charge in [-0.1, -0.05) is 11.6 Å². The number of alkyl halides is 3. The number of carbonyl (C=O) groups excluding carboxylic acids is 3. The molecule has 0 aliphatic carbocycles. The number of pyridine rings is 1. The lowest BCUT2D eigenvalue weighted by Crippen LogP contribution is -2.50. The average Bonchev–Trinajstić information content (AvgIpc) is 3.42. The monoisotopic (exact) mass is 593 g/mol. The van der Waals surface area contributed by atoms with Crippen molar-refractivity contribution < 1.29 is 32.7 Å². The molecule has 1 atom stereocenters. The number of amides is 4. The molecule has 1 aromatic carbocycles. The van der Waals surface area contributed by atoms with Gasteiger partial charge in [0.2, 0.25) is 5.91 Å². The van der Waals surface area contributed by atoms with Crippen molar-refractivity contribution in [3.63, 3.8) is 0 Å². The number of nitrogens with zero attached hydrogens (tertiary/aromatic N) is 6. The van der Waals surface area contributed by atoms with E-state index < -0.39 is 36.6 Å². The van der Waals surface area contributed by atoms with E-state index >= 15 is 0 Å². The normalized spacial score (nSPS) is 14.3. The molecule has 4 rings (SSSR count). The lowest BCUT2D eigenvalue weighted by Gasteiger charge is -2.27. The first-order valence-corrected chi connectivity index (χ1v) is 12.4. The summed E-state index contributed by atoms with van der Waals surface area (Å²) in [6.45, 7) is -1.15. The van der Waals surface area contributed by atoms with Crippen molar-refractivity contribution in [2.24, 2.45) is 0 Å². The molecule has 0 unspecified atom stereocenters. The van der Waals surface area contributed by atoms with E-state index in [1.807, 2.05) is 0 Å². The van der Waals surface area contributed by atoms with Gasteiger partial charge in [-0.2, -0.15) is 13.2 Å². The molecule has 1 fully saturated rings. The average molecular weight is 594 g/mol. The first-order valence-electron chi connectivity index (χ1n) is 12.0. The molecule has 2 aromatic heterocycles. The van der Waals surface area contributed by atoms with Gasteiger partial charge in [-0.3, -0.25) is 19.9 Å². The minimum atomic E-state index is -5.03. The second kappa shape index (κ2) is 12.3. The molecule has 0 radical (unpaired) electrons. The first kappa shape index (κ1) is 29.4. The number of amidine groups is 1. The zero-order valence-electron chi connectivity index (χ0n) is 21.1. The lowest BCUT2D eigenvalue weighted by molar-refractivity contribution is -0.204. The Morgan fingerprint density at radius 1 is 1.22 bits per heavy atom. The molecular formula is C24H23ClF3N9O4. The van der Waals surface area contributed by atoms with Gasteiger partial charge < -0.3 is 20.6 Å². The predicted molar refractivity (Wildman–Crippen MR) is 137 cm³/mol. The molecule has 1 saturated heterocycles. The second-order valence-corrected chi connectivity index (χ2v) is 9.17. The number of piperazine rings is 1. The minimum absolute atomic E-state index is 0.00594. The number of hydrogen-bond donors (Lipinski definition) is 4. The molecule has 0 spiro atoms. The molecular weight excluding hydrogens is 571 g/mol. The van der Waals surface area contributed by atoms with Crippen LogP contribution >= 0.6 is 11.6 Å². The van der Waals surface area contributed by atoms with Gasteiger partial charge >= 0.3 is 12.2 Å². The fraction of sp³-hybridized carbons (Fsp3) is 0.292. The van der Waals surface area contributed by atoms with Crippen LogP contribution in [0.25, 0.3) is 5.69 Å². The van der Waals surface area contributed by atoms with Crippen LogP contribution in [0.2, 0.25) is 5.02 Å². The minimum Gasteiger partial charge on any atom is -0.382 e. The van der Waals surface area contributed by atoms with Gasteiger partial charge in [-0.15, -0.1) is 5.10 Å². The summed E-state index contributed by atoms with van der Waals surface area (Å²) in [5, 5.41) is 27.4. The Balaban J connectivity index is 1.49. The summed E-state index contributed by atoms with van der Waals surface area (Å²) in [6, 6.07) is 7.48. The van der Waals surface area contributed by atoms with Gasteiger partial charge in [0.25, 0.3) is 5.91 Å². The maximum absolute atomic E-state index is 13.1. The molecule has 3 heterocycles. The summed E-state index contributed by atoms with van der Waals surface area (Å²) in [4.78, 5) is 47.6. The number of rotatable bonds is 7. The summed E-state index contributed by atoms with van der Waals surface area (Å²) in [7, 11) is 0. The highest BCUT2D eigenvalue weighted by Gasteiger charge is 2.41. The number of aromatic nitrogens is 4. The Morgan fingerprint density at radius 3 is 2.63 bits per heavy atom. The van der Waals surface area contributed by atoms with Crippen molar-refractivity contribution in [1.82, 2.24) is 40.2 Å². The van der Waals surface area contributed by atoms with Crippen molar-refractivity contribution in [2.75, 3.05) is 26.2 Å². The summed E-state index contributed by atoms with van der Waals surface area (Å²) in [5.41, 5.74) is 0.334. The highest BCUT2D eigenvalue weighted by atomic mass is 35.5. The second-order valence-electron chi connectivity index (χ2n) is 8.74. The zero-order chi connectivity index (χ0) is 29.7. The molecule has 0 bridgehead atoms. The summed E-state index contributed by atoms with van der Waals surface area (Å²) in [6.07, 6.45) is -5.29. The molecule has 41 heavy (non-hydrogen) atoms. The highest BCUT2D eigenvalue weighted by Crippen LogP contribution is 2.22. The third-order valence-corrected chi connectivity index (χ3v) is 6.12. The molecule has 216 valence electrons. The molecule has 1 aliphatic heterocycles. The number of nitrogens with one attached hydrogen (secondary N) is 3. The molecule has 4 amide bonds. The van der Waals surface area contributed by atoms with Gasteiger partial charge in [-0.05, 0) is 36.4 Å². The van der Waals surface area contributed by atoms with E-state index in [1.165, 1.54) is 46.4 Å². The topological polar surface area (TPSA) is 169 Å². The van der Waals surface area contributed by atoms with Crippen LogP contribution in [0.5, 0.6) is 0 Å². The van der Waals surface area contributed by atoms with E-state index in [0.717, 1.165) is 0 Å². The molecule has 13 nitrogen and oxygen atoms in total. The molecule has 1 aliphatic rings. The quantitative estimate of drug-likeness (QED) is 0.237. The summed E-state index contributed by atoms with van der Waals surface area (Å²) < 4.78 is 40.4. The molecule has 0 saturated carbocycles. The van der Waals surface area contributed by atoms with Crippen LogP contribution in [0, 0.1) is 5.41 Å². The van der Waals surface area contributed by atoms with Crippen LogP contribution in [-0.2, 0) is 11.3 Å². The van der Waals surface area contributed by atoms with E-state index in [9.17, 15) is 32.7 Å². The fourth-order valence-corrected chi connectivity index (χ4v) is 3.89. The van der Waals surface area contributed by atoms with Crippen LogP contribution in [0.15, 0.2) is 48.9 Å². The van der Waals surface area contributed by atoms with Gasteiger partial charge in [-0.25, -0.2) is 19.4 Å². The van der Waals surface area contributed by atoms with Gasteiger partial charge in [0.1, 0.15) is 12.2 Å². The van der Waals surface area contributed by atoms with Gasteiger partial charge in [0.15, 0.2) is 17.6 Å². The van der Waals surface area contributed by atoms with E-state index in [-0.39, 0.29) is 41.8 Å². The van der Waals surface area contributed by atoms with Crippen molar-refractivity contribution in [2.45, 2.75) is 18.8 Å². The third kappa shape index (κ3) is 7.15. The number of urea groups is 1. The maximum atomic E-state index is 13.1. The number of benzene rings is 1. The van der Waals surface area contributed by atoms with Crippen LogP contribution in [0.3, 0.4) is 0 Å². The van der Waals surface area contributed by atoms with Crippen molar-refractivity contribution in [1.29, 1.82) is 5.41 Å². The van der Waals surface area contributed by atoms with Gasteiger partial charge in [0, 0.05) is 29.9 Å². The standard InChI is InChI=1S/C24H23ClF3N9O4/c25-15-5-3-14(4-6-15)21(29)36(11-17(38)24(26,27)28)23(41)32-10-18-33-13-37(34-18)16-2-1-7-31-20(16)22(40)35-9-8-30-19(39)12-35/h1-7,13,17,29,38H,8-12H2,(H,30,39)(H,32,41)/t17-/m1/s1. The van der Waals surface area contributed by atoms with Crippen LogP contribution in [0.4, 0.5) is 18.0 Å². The number of halogens is 4. The maximum Gasteiger partial charge on any atom is 0.416 e. The molecule has 4 N–H and O–H groups in total. The summed E-state index contributed by atoms with van der Waals surface area (Å²) in [5.74, 6) is -1.39. The van der Waals surface area contributed by atoms with E-state index in [0.29, 0.717) is 23.0 Å². The van der Waals surface area contributed by atoms with Crippen LogP contribution < -0.4 is 10.6 Å². The lowest BCUT2D eigenvalue weighted by atomic mass is 10.2. The van der Waals surface area contributed by atoms with Crippen molar-refractivity contribution in [3.8, 4) is 5.69 Å². The zero-order valence-corrected chi connectivity index (χ0v) is 21.9. The van der Waals surface area contributed by atoms with E-state index in [1.54, 1.807) is 12.1 Å². The van der Waals surface area contributed by atoms with Crippen molar-refractivity contribution >= 4 is 35.3 Å². The van der Waals surface area contributed by atoms with E-state index in [4.69, 9.17) is 17.0 Å². The Kier molecular flexibility index (Phi) is 8.83. The number of aliphatic hydroxyl groups is 1. The Labute approximate surface area is 235 Å². The number of carbonyl (C=O) groups is 3. The number of hydrogen-bond acceptors (Lipinski definition) is 8. The van der Waals surface area contributed by atoms with E-state index in [2.05, 4.69) is 25.7 Å². The van der Waals surface area contributed by atoms with Crippen LogP contribution in [0.1, 0.15) is 21.9 Å². The summed E-state index contributed by atoms with van der Waals surface area (Å²) >= 11 is 5.83. The molecule has 17 heteroatoms. The van der Waals surface area contributed by atoms with Crippen molar-refractivity contribution in [3.05, 3.63) is 71.0 Å². The van der Waals surface area contributed by atoms with Crippen LogP contribution in [-0.4, -0.2) is 96.8 Å². The third-order valence-electron chi connectivity index (χ3n) is 5.86. The number of aliphatic hydroxyl groups excluding tert-OH is 1. The largest absolute Gasteiger partial charge is 0.416 e. The first-order chi connectivity index (χ1) is 19.4.